The van der Waals surface area contributed by atoms with Crippen molar-refractivity contribution in [3.63, 3.8) is 0 Å². The van der Waals surface area contributed by atoms with Crippen LogP contribution in [0, 0.1) is 0 Å². The molecule has 0 aliphatic rings. The van der Waals surface area contributed by atoms with Crippen LogP contribution in [-0.4, -0.2) is 17.8 Å². The van der Waals surface area contributed by atoms with Crippen LogP contribution in [0.4, 0.5) is 0 Å². The first-order valence-electron chi connectivity index (χ1n) is 4.09. The number of hydrogen-bond acceptors (Lipinski definition) is 3. The van der Waals surface area contributed by atoms with E-state index in [4.69, 9.17) is 0 Å². The van der Waals surface area contributed by atoms with Crippen molar-refractivity contribution in [1.29, 1.82) is 0 Å². The third-order valence-electron chi connectivity index (χ3n) is 1.50. The molecule has 0 bridgehead atoms. The molecule has 0 saturated heterocycles. The number of nitrogens with one attached hydrogen (secondary N) is 1. The van der Waals surface area contributed by atoms with Crippen molar-refractivity contribution >= 4 is 11.8 Å². The van der Waals surface area contributed by atoms with Crippen molar-refractivity contribution in [1.82, 2.24) is 10.3 Å². The van der Waals surface area contributed by atoms with Gasteiger partial charge in [0.1, 0.15) is 5.03 Å². The van der Waals surface area contributed by atoms with Crippen LogP contribution in [0.2, 0.25) is 0 Å². The summed E-state index contributed by atoms with van der Waals surface area (Å²) in [4.78, 5) is 4.31. The summed E-state index contributed by atoms with van der Waals surface area (Å²) in [6.45, 7) is 3.04. The SMILES string of the molecule is CCSc1ncccc1CNC. The topological polar surface area (TPSA) is 24.9 Å². The fraction of sp³-hybridized carbons (Fsp3) is 0.444. The van der Waals surface area contributed by atoms with E-state index in [-0.39, 0.29) is 0 Å². The molecule has 0 unspecified atom stereocenters. The summed E-state index contributed by atoms with van der Waals surface area (Å²) >= 11 is 1.79. The van der Waals surface area contributed by atoms with Gasteiger partial charge in [0.05, 0.1) is 0 Å². The summed E-state index contributed by atoms with van der Waals surface area (Å²) in [7, 11) is 1.95. The van der Waals surface area contributed by atoms with Gasteiger partial charge in [-0.1, -0.05) is 13.0 Å². The zero-order valence-electron chi connectivity index (χ0n) is 7.50. The van der Waals surface area contributed by atoms with Crippen molar-refractivity contribution in [3.05, 3.63) is 23.9 Å². The third-order valence-corrected chi connectivity index (χ3v) is 2.43. The summed E-state index contributed by atoms with van der Waals surface area (Å²) in [5.41, 5.74) is 1.28. The highest BCUT2D eigenvalue weighted by Crippen LogP contribution is 2.18. The zero-order valence-corrected chi connectivity index (χ0v) is 8.32. The Hall–Kier alpha value is -0.540. The van der Waals surface area contributed by atoms with Crippen molar-refractivity contribution in [3.8, 4) is 0 Å². The second-order valence-corrected chi connectivity index (χ2v) is 3.68. The molecule has 0 aliphatic heterocycles. The zero-order chi connectivity index (χ0) is 8.81. The Kier molecular flexibility index (Phi) is 4.11. The molecule has 12 heavy (non-hydrogen) atoms. The maximum atomic E-state index is 4.31. The monoisotopic (exact) mass is 182 g/mol. The average Bonchev–Trinajstić information content (AvgIpc) is 2.09. The van der Waals surface area contributed by atoms with Crippen LogP contribution >= 0.6 is 11.8 Å². The molecule has 1 aromatic rings. The van der Waals surface area contributed by atoms with Gasteiger partial charge in [-0.2, -0.15) is 0 Å². The van der Waals surface area contributed by atoms with Gasteiger partial charge >= 0.3 is 0 Å². The van der Waals surface area contributed by atoms with E-state index in [0.29, 0.717) is 0 Å². The lowest BCUT2D eigenvalue weighted by Gasteiger charge is -2.05. The first-order chi connectivity index (χ1) is 5.88. The molecule has 0 saturated carbocycles. The van der Waals surface area contributed by atoms with Gasteiger partial charge in [-0.3, -0.25) is 0 Å². The molecule has 1 rings (SSSR count). The molecule has 0 amide bonds. The minimum absolute atomic E-state index is 0.899. The summed E-state index contributed by atoms with van der Waals surface area (Å²) in [5, 5.41) is 4.28. The molecule has 0 aliphatic carbocycles. The van der Waals surface area contributed by atoms with Gasteiger partial charge in [0, 0.05) is 12.7 Å². The van der Waals surface area contributed by atoms with Crippen molar-refractivity contribution in [2.75, 3.05) is 12.8 Å². The van der Waals surface area contributed by atoms with Crippen LogP contribution in [-0.2, 0) is 6.54 Å². The summed E-state index contributed by atoms with van der Waals surface area (Å²) in [6, 6.07) is 4.09. The van der Waals surface area contributed by atoms with Gasteiger partial charge in [0.25, 0.3) is 0 Å². The van der Waals surface area contributed by atoms with Gasteiger partial charge in [-0.25, -0.2) is 4.98 Å². The molecular weight excluding hydrogens is 168 g/mol. The maximum absolute atomic E-state index is 4.31. The van der Waals surface area contributed by atoms with E-state index in [0.717, 1.165) is 17.3 Å². The van der Waals surface area contributed by atoms with E-state index in [1.165, 1.54) is 5.56 Å². The number of thioether (sulfide) groups is 1. The minimum atomic E-state index is 0.899. The molecule has 1 N–H and O–H groups in total. The van der Waals surface area contributed by atoms with E-state index in [9.17, 15) is 0 Å². The van der Waals surface area contributed by atoms with E-state index >= 15 is 0 Å². The van der Waals surface area contributed by atoms with Gasteiger partial charge in [-0.15, -0.1) is 11.8 Å². The molecule has 1 aromatic heterocycles. The molecule has 1 heterocycles. The third kappa shape index (κ3) is 2.50. The predicted octanol–water partition coefficient (Wildman–Crippen LogP) is 1.91. The Bertz CT molecular complexity index is 213. The van der Waals surface area contributed by atoms with Crippen LogP contribution < -0.4 is 5.32 Å². The molecular formula is C9H14N2S. The molecule has 0 fully saturated rings. The lowest BCUT2D eigenvalue weighted by molar-refractivity contribution is 0.790. The molecule has 0 radical (unpaired) electrons. The summed E-state index contributed by atoms with van der Waals surface area (Å²) in [6.07, 6.45) is 1.84. The summed E-state index contributed by atoms with van der Waals surface area (Å²) < 4.78 is 0. The Labute approximate surface area is 77.8 Å². The highest BCUT2D eigenvalue weighted by molar-refractivity contribution is 7.99. The Morgan fingerprint density at radius 1 is 1.58 bits per heavy atom. The van der Waals surface area contributed by atoms with Gasteiger partial charge in [0.15, 0.2) is 0 Å². The van der Waals surface area contributed by atoms with Crippen LogP contribution in [0.3, 0.4) is 0 Å². The highest BCUT2D eigenvalue weighted by atomic mass is 32.2. The fourth-order valence-corrected chi connectivity index (χ4v) is 1.75. The van der Waals surface area contributed by atoms with E-state index in [1.807, 2.05) is 19.3 Å². The van der Waals surface area contributed by atoms with Gasteiger partial charge < -0.3 is 5.32 Å². The molecule has 66 valence electrons. The quantitative estimate of drug-likeness (QED) is 0.720. The second-order valence-electron chi connectivity index (χ2n) is 2.43. The Morgan fingerprint density at radius 2 is 2.42 bits per heavy atom. The predicted molar refractivity (Wildman–Crippen MR) is 53.4 cm³/mol. The van der Waals surface area contributed by atoms with Gasteiger partial charge in [0.2, 0.25) is 0 Å². The fourth-order valence-electron chi connectivity index (χ4n) is 1.02. The van der Waals surface area contributed by atoms with Crippen LogP contribution in [0.5, 0.6) is 0 Å². The molecule has 3 heteroatoms. The van der Waals surface area contributed by atoms with E-state index < -0.39 is 0 Å². The first-order valence-corrected chi connectivity index (χ1v) is 5.08. The minimum Gasteiger partial charge on any atom is -0.316 e. The van der Waals surface area contributed by atoms with E-state index in [2.05, 4.69) is 23.3 Å². The largest absolute Gasteiger partial charge is 0.316 e. The molecule has 0 aromatic carbocycles. The van der Waals surface area contributed by atoms with Crippen LogP contribution in [0.25, 0.3) is 0 Å². The summed E-state index contributed by atoms with van der Waals surface area (Å²) in [5.74, 6) is 1.08. The van der Waals surface area contributed by atoms with E-state index in [1.54, 1.807) is 11.8 Å². The molecule has 0 spiro atoms. The standard InChI is InChI=1S/C9H14N2S/c1-3-12-9-8(7-10-2)5-4-6-11-9/h4-6,10H,3,7H2,1-2H3. The van der Waals surface area contributed by atoms with Crippen LogP contribution in [0.15, 0.2) is 23.4 Å². The first kappa shape index (κ1) is 9.55. The highest BCUT2D eigenvalue weighted by Gasteiger charge is 2.00. The number of rotatable bonds is 4. The van der Waals surface area contributed by atoms with Crippen molar-refractivity contribution in [2.45, 2.75) is 18.5 Å². The second kappa shape index (κ2) is 5.17. The Balaban J connectivity index is 2.77. The number of nitrogens with zero attached hydrogens (tertiary/aromatic N) is 1. The lowest BCUT2D eigenvalue weighted by Crippen LogP contribution is -2.06. The lowest BCUT2D eigenvalue weighted by atomic mass is 10.3. The van der Waals surface area contributed by atoms with Crippen molar-refractivity contribution < 1.29 is 0 Å². The number of pyridine rings is 1. The normalized spacial score (nSPS) is 10.2. The smallest absolute Gasteiger partial charge is 0.100 e. The Morgan fingerprint density at radius 3 is 3.08 bits per heavy atom. The van der Waals surface area contributed by atoms with Crippen molar-refractivity contribution in [2.24, 2.45) is 0 Å². The van der Waals surface area contributed by atoms with Gasteiger partial charge in [-0.05, 0) is 24.4 Å². The molecule has 0 atom stereocenters. The molecule has 2 nitrogen and oxygen atoms in total. The number of aromatic nitrogens is 1. The average molecular weight is 182 g/mol. The van der Waals surface area contributed by atoms with Crippen LogP contribution in [0.1, 0.15) is 12.5 Å². The number of hydrogen-bond donors (Lipinski definition) is 1. The maximum Gasteiger partial charge on any atom is 0.100 e.